The molecule has 1 aromatic heterocycles. The molecule has 2 rings (SSSR count). The minimum Gasteiger partial charge on any atom is -0.496 e. The van der Waals surface area contributed by atoms with Gasteiger partial charge in [-0.1, -0.05) is 12.1 Å². The number of nitrogens with one attached hydrogen (secondary N) is 1. The number of benzene rings is 1. The summed E-state index contributed by atoms with van der Waals surface area (Å²) in [6.07, 6.45) is 1.82. The number of ether oxygens (including phenoxy) is 1. The molecule has 0 fully saturated rings. The summed E-state index contributed by atoms with van der Waals surface area (Å²) in [5.74, 6) is 1.85. The molecule has 0 aliphatic rings. The van der Waals surface area contributed by atoms with Crippen LogP contribution in [-0.4, -0.2) is 12.1 Å². The highest BCUT2D eigenvalue weighted by atomic mass is 79.9. The smallest absolute Gasteiger partial charge is 0.126 e. The fourth-order valence-electron chi connectivity index (χ4n) is 2.29. The summed E-state index contributed by atoms with van der Waals surface area (Å²) >= 11 is 3.46. The summed E-state index contributed by atoms with van der Waals surface area (Å²) < 4.78 is 6.41. The number of hydrogen-bond donors (Lipinski definition) is 1. The largest absolute Gasteiger partial charge is 0.496 e. The van der Waals surface area contributed by atoms with Crippen molar-refractivity contribution in [1.82, 2.24) is 4.98 Å². The lowest BCUT2D eigenvalue weighted by Gasteiger charge is -2.12. The van der Waals surface area contributed by atoms with Crippen LogP contribution in [0.5, 0.6) is 5.75 Å². The van der Waals surface area contributed by atoms with Gasteiger partial charge in [0.15, 0.2) is 0 Å². The first-order valence-corrected chi connectivity index (χ1v) is 7.30. The Morgan fingerprint density at radius 1 is 1.10 bits per heavy atom. The third kappa shape index (κ3) is 3.31. The maximum atomic E-state index is 5.38. The number of nitrogens with zero attached hydrogens (tertiary/aromatic N) is 1. The Labute approximate surface area is 128 Å². The quantitative estimate of drug-likeness (QED) is 0.900. The van der Waals surface area contributed by atoms with Crippen LogP contribution in [0.1, 0.15) is 22.3 Å². The summed E-state index contributed by atoms with van der Waals surface area (Å²) in [5.41, 5.74) is 4.71. The zero-order valence-electron chi connectivity index (χ0n) is 12.2. The number of anilines is 1. The van der Waals surface area contributed by atoms with Crippen molar-refractivity contribution in [2.45, 2.75) is 27.3 Å². The van der Waals surface area contributed by atoms with Gasteiger partial charge in [-0.05, 0) is 65.0 Å². The second-order valence-electron chi connectivity index (χ2n) is 4.94. The Balaban J connectivity index is 2.13. The van der Waals surface area contributed by atoms with Crippen molar-refractivity contribution < 1.29 is 4.74 Å². The number of aryl methyl sites for hydroxylation is 3. The number of methoxy groups -OCH3 is 1. The number of aromatic nitrogens is 1. The number of halogens is 1. The lowest BCUT2D eigenvalue weighted by atomic mass is 10.1. The molecule has 20 heavy (non-hydrogen) atoms. The summed E-state index contributed by atoms with van der Waals surface area (Å²) in [5, 5.41) is 3.35. The van der Waals surface area contributed by atoms with Crippen LogP contribution in [0.3, 0.4) is 0 Å². The Hall–Kier alpha value is -1.55. The Morgan fingerprint density at radius 2 is 1.75 bits per heavy atom. The van der Waals surface area contributed by atoms with Crippen LogP contribution in [0.2, 0.25) is 0 Å². The van der Waals surface area contributed by atoms with Crippen molar-refractivity contribution in [1.29, 1.82) is 0 Å². The van der Waals surface area contributed by atoms with Gasteiger partial charge in [0.2, 0.25) is 0 Å². The van der Waals surface area contributed by atoms with E-state index in [0.717, 1.165) is 33.7 Å². The molecule has 0 saturated carbocycles. The Morgan fingerprint density at radius 3 is 2.30 bits per heavy atom. The van der Waals surface area contributed by atoms with Gasteiger partial charge in [-0.2, -0.15) is 0 Å². The van der Waals surface area contributed by atoms with E-state index < -0.39 is 0 Å². The molecule has 4 heteroatoms. The van der Waals surface area contributed by atoms with Crippen LogP contribution in [0.15, 0.2) is 28.9 Å². The van der Waals surface area contributed by atoms with E-state index in [0.29, 0.717) is 0 Å². The average Bonchev–Trinajstić information content (AvgIpc) is 2.40. The molecule has 0 atom stereocenters. The summed E-state index contributed by atoms with van der Waals surface area (Å²) in [6, 6.07) is 6.32. The molecule has 0 aliphatic carbocycles. The van der Waals surface area contributed by atoms with Gasteiger partial charge in [0.05, 0.1) is 7.11 Å². The Bertz CT molecular complexity index is 603. The molecule has 106 valence electrons. The van der Waals surface area contributed by atoms with Gasteiger partial charge in [-0.15, -0.1) is 0 Å². The maximum Gasteiger partial charge on any atom is 0.126 e. The topological polar surface area (TPSA) is 34.1 Å². The van der Waals surface area contributed by atoms with Crippen molar-refractivity contribution in [2.24, 2.45) is 0 Å². The fraction of sp³-hybridized carbons (Fsp3) is 0.312. The van der Waals surface area contributed by atoms with E-state index in [9.17, 15) is 0 Å². The van der Waals surface area contributed by atoms with Crippen LogP contribution < -0.4 is 10.1 Å². The molecular formula is C16H19BrN2O. The van der Waals surface area contributed by atoms with Gasteiger partial charge in [-0.3, -0.25) is 0 Å². The predicted octanol–water partition coefficient (Wildman–Crippen LogP) is 4.39. The van der Waals surface area contributed by atoms with Gasteiger partial charge < -0.3 is 10.1 Å². The first-order chi connectivity index (χ1) is 9.51. The van der Waals surface area contributed by atoms with Crippen molar-refractivity contribution in [3.63, 3.8) is 0 Å². The molecular weight excluding hydrogens is 316 g/mol. The fourth-order valence-corrected chi connectivity index (χ4v) is 2.51. The van der Waals surface area contributed by atoms with E-state index in [1.807, 2.05) is 12.3 Å². The van der Waals surface area contributed by atoms with Crippen molar-refractivity contribution >= 4 is 21.7 Å². The molecule has 1 N–H and O–H groups in total. The predicted molar refractivity (Wildman–Crippen MR) is 86.5 cm³/mol. The van der Waals surface area contributed by atoms with Crippen LogP contribution >= 0.6 is 15.9 Å². The lowest BCUT2D eigenvalue weighted by Crippen LogP contribution is -2.03. The normalized spacial score (nSPS) is 10.4. The van der Waals surface area contributed by atoms with Gasteiger partial charge in [-0.25, -0.2) is 4.98 Å². The zero-order chi connectivity index (χ0) is 14.7. The highest BCUT2D eigenvalue weighted by Crippen LogP contribution is 2.25. The van der Waals surface area contributed by atoms with Crippen LogP contribution in [0, 0.1) is 20.8 Å². The molecule has 0 spiro atoms. The third-order valence-corrected chi connectivity index (χ3v) is 4.07. The minimum absolute atomic E-state index is 0.750. The summed E-state index contributed by atoms with van der Waals surface area (Å²) in [4.78, 5) is 4.35. The first kappa shape index (κ1) is 14.9. The molecule has 0 unspecified atom stereocenters. The van der Waals surface area contributed by atoms with Gasteiger partial charge in [0.1, 0.15) is 11.6 Å². The zero-order valence-corrected chi connectivity index (χ0v) is 13.8. The first-order valence-electron chi connectivity index (χ1n) is 6.51. The van der Waals surface area contributed by atoms with E-state index in [1.165, 1.54) is 11.1 Å². The van der Waals surface area contributed by atoms with Crippen LogP contribution in [0.25, 0.3) is 0 Å². The second-order valence-corrected chi connectivity index (χ2v) is 5.79. The molecule has 3 nitrogen and oxygen atoms in total. The summed E-state index contributed by atoms with van der Waals surface area (Å²) in [7, 11) is 1.71. The molecule has 0 radical (unpaired) electrons. The third-order valence-electron chi connectivity index (χ3n) is 3.24. The molecule has 1 aromatic carbocycles. The molecule has 1 heterocycles. The van der Waals surface area contributed by atoms with E-state index in [1.54, 1.807) is 7.11 Å². The van der Waals surface area contributed by atoms with Crippen molar-refractivity contribution in [3.8, 4) is 5.75 Å². The highest BCUT2D eigenvalue weighted by molar-refractivity contribution is 9.10. The molecule has 0 saturated heterocycles. The van der Waals surface area contributed by atoms with E-state index in [4.69, 9.17) is 4.74 Å². The maximum absolute atomic E-state index is 5.38. The van der Waals surface area contributed by atoms with E-state index in [2.05, 4.69) is 59.1 Å². The van der Waals surface area contributed by atoms with Gasteiger partial charge >= 0.3 is 0 Å². The standard InChI is InChI=1S/C16H19BrN2O/c1-10-7-15(19-9-14(10)17)18-8-13-5-11(2)16(20-4)12(3)6-13/h5-7,9H,8H2,1-4H3,(H,18,19). The van der Waals surface area contributed by atoms with Gasteiger partial charge in [0.25, 0.3) is 0 Å². The average molecular weight is 335 g/mol. The SMILES string of the molecule is COc1c(C)cc(CNc2cc(C)c(Br)cn2)cc1C. The van der Waals surface area contributed by atoms with E-state index >= 15 is 0 Å². The van der Waals surface area contributed by atoms with Crippen LogP contribution in [-0.2, 0) is 6.54 Å². The van der Waals surface area contributed by atoms with Crippen molar-refractivity contribution in [2.75, 3.05) is 12.4 Å². The molecule has 0 amide bonds. The highest BCUT2D eigenvalue weighted by Gasteiger charge is 2.05. The molecule has 0 aliphatic heterocycles. The number of rotatable bonds is 4. The number of hydrogen-bond acceptors (Lipinski definition) is 3. The molecule has 2 aromatic rings. The molecule has 0 bridgehead atoms. The van der Waals surface area contributed by atoms with Gasteiger partial charge in [0, 0.05) is 17.2 Å². The van der Waals surface area contributed by atoms with Crippen LogP contribution in [0.4, 0.5) is 5.82 Å². The second kappa shape index (κ2) is 6.27. The summed E-state index contributed by atoms with van der Waals surface area (Å²) in [6.45, 7) is 6.94. The Kier molecular flexibility index (Phi) is 4.65. The monoisotopic (exact) mass is 334 g/mol. The number of pyridine rings is 1. The van der Waals surface area contributed by atoms with E-state index in [-0.39, 0.29) is 0 Å². The lowest BCUT2D eigenvalue weighted by molar-refractivity contribution is 0.408. The van der Waals surface area contributed by atoms with Crippen molar-refractivity contribution in [3.05, 3.63) is 51.1 Å². The minimum atomic E-state index is 0.750.